The molecule has 2 aromatic rings. The Labute approximate surface area is 173 Å². The maximum atomic E-state index is 14.9. The van der Waals surface area contributed by atoms with Crippen LogP contribution in [0, 0.1) is 0 Å². The Morgan fingerprint density at radius 2 is 2.26 bits per heavy atom. The Morgan fingerprint density at radius 1 is 1.48 bits per heavy atom. The lowest BCUT2D eigenvalue weighted by molar-refractivity contribution is -0.123. The highest BCUT2D eigenvalue weighted by molar-refractivity contribution is 7.49. The molecule has 0 spiro atoms. The molecular weight excluding hydrogens is 438 g/mol. The molecule has 0 radical (unpaired) electrons. The number of anilines is 1. The number of nitrogens with zero attached hydrogens (tertiary/aromatic N) is 5. The quantitative estimate of drug-likeness (QED) is 0.294. The van der Waals surface area contributed by atoms with Gasteiger partial charge in [0.05, 0.1) is 13.2 Å². The van der Waals surface area contributed by atoms with Gasteiger partial charge in [0.15, 0.2) is 12.4 Å². The number of rotatable bonds is 5. The highest BCUT2D eigenvalue weighted by Gasteiger charge is 2.57. The van der Waals surface area contributed by atoms with Gasteiger partial charge < -0.3 is 20.1 Å². The summed E-state index contributed by atoms with van der Waals surface area (Å²) < 4.78 is 49.4. The Morgan fingerprint density at radius 3 is 3.00 bits per heavy atom. The van der Waals surface area contributed by atoms with Crippen LogP contribution >= 0.6 is 7.82 Å². The highest BCUT2D eigenvalue weighted by atomic mass is 31.2. The summed E-state index contributed by atoms with van der Waals surface area (Å²) >= 11 is 0. The number of benzene rings is 1. The zero-order valence-corrected chi connectivity index (χ0v) is 16.5. The number of hydrogen-bond acceptors (Lipinski definition) is 10. The predicted octanol–water partition coefficient (Wildman–Crippen LogP) is 1.79. The average molecular weight is 454 g/mol. The number of azide groups is 1. The molecule has 3 N–H and O–H groups in total. The van der Waals surface area contributed by atoms with E-state index in [1.165, 1.54) is 6.07 Å². The number of nitrogens with two attached hydrogens (primary N) is 1. The molecule has 164 valence electrons. The molecule has 13 nitrogen and oxygen atoms in total. The van der Waals surface area contributed by atoms with Crippen LogP contribution in [0.5, 0.6) is 5.75 Å². The van der Waals surface area contributed by atoms with Crippen LogP contribution < -0.4 is 15.9 Å². The molecule has 1 aromatic heterocycles. The summed E-state index contributed by atoms with van der Waals surface area (Å²) in [5, 5.41) is 13.7. The van der Waals surface area contributed by atoms with Crippen LogP contribution in [0.3, 0.4) is 0 Å². The topological polar surface area (TPSA) is 184 Å². The van der Waals surface area contributed by atoms with E-state index in [1.807, 2.05) is 0 Å². The minimum atomic E-state index is -4.21. The number of aliphatic hydroxyl groups is 1. The smallest absolute Gasteiger partial charge is 0.404 e. The van der Waals surface area contributed by atoms with E-state index in [2.05, 4.69) is 15.0 Å². The van der Waals surface area contributed by atoms with Gasteiger partial charge in [0, 0.05) is 16.7 Å². The second-order valence-corrected chi connectivity index (χ2v) is 8.26. The van der Waals surface area contributed by atoms with E-state index in [-0.39, 0.29) is 18.2 Å². The van der Waals surface area contributed by atoms with E-state index in [4.69, 9.17) is 29.6 Å². The molecule has 4 rings (SSSR count). The molecule has 1 saturated heterocycles. The zero-order valence-electron chi connectivity index (χ0n) is 15.6. The van der Waals surface area contributed by atoms with Gasteiger partial charge >= 0.3 is 13.5 Å². The average Bonchev–Trinajstić information content (AvgIpc) is 2.98. The summed E-state index contributed by atoms with van der Waals surface area (Å²) in [5.41, 5.74) is 11.6. The number of aliphatic hydroxyl groups excluding tert-OH is 1. The second-order valence-electron chi connectivity index (χ2n) is 6.67. The molecule has 15 heteroatoms. The Balaban J connectivity index is 1.58. The van der Waals surface area contributed by atoms with Crippen LogP contribution in [0.4, 0.5) is 10.2 Å². The highest BCUT2D eigenvalue weighted by Crippen LogP contribution is 2.55. The van der Waals surface area contributed by atoms with Gasteiger partial charge in [-0.15, -0.1) is 0 Å². The van der Waals surface area contributed by atoms with Crippen molar-refractivity contribution in [1.82, 2.24) is 9.55 Å². The van der Waals surface area contributed by atoms with Crippen LogP contribution in [0.1, 0.15) is 11.8 Å². The van der Waals surface area contributed by atoms with Crippen molar-refractivity contribution >= 4 is 13.6 Å². The lowest BCUT2D eigenvalue weighted by atomic mass is 10.1. The van der Waals surface area contributed by atoms with E-state index in [1.54, 1.807) is 24.3 Å². The fraction of sp³-hybridized carbons (Fsp3) is 0.375. The summed E-state index contributed by atoms with van der Waals surface area (Å²) in [6, 6.07) is 7.84. The molecule has 0 bridgehead atoms. The summed E-state index contributed by atoms with van der Waals surface area (Å²) in [4.78, 5) is 18.1. The number of ether oxygens (including phenoxy) is 1. The van der Waals surface area contributed by atoms with Crippen LogP contribution in [0.25, 0.3) is 10.4 Å². The van der Waals surface area contributed by atoms with Gasteiger partial charge in [-0.2, -0.15) is 4.98 Å². The van der Waals surface area contributed by atoms with Gasteiger partial charge in [-0.3, -0.25) is 13.6 Å². The number of fused-ring (bicyclic) bond motifs is 1. The molecule has 2 aliphatic rings. The molecule has 3 heterocycles. The van der Waals surface area contributed by atoms with Crippen molar-refractivity contribution in [2.24, 2.45) is 5.11 Å². The van der Waals surface area contributed by atoms with E-state index in [0.29, 0.717) is 5.56 Å². The molecule has 1 aromatic carbocycles. The maximum Gasteiger partial charge on any atom is 0.530 e. The fourth-order valence-electron chi connectivity index (χ4n) is 3.13. The number of phosphoric ester groups is 1. The molecule has 0 saturated carbocycles. The van der Waals surface area contributed by atoms with E-state index < -0.39 is 44.3 Å². The summed E-state index contributed by atoms with van der Waals surface area (Å²) in [7, 11) is -4.21. The Bertz CT molecular complexity index is 1160. The number of para-hydroxylation sites is 1. The molecule has 0 amide bonds. The van der Waals surface area contributed by atoms with Crippen molar-refractivity contribution in [3.63, 3.8) is 0 Å². The van der Waals surface area contributed by atoms with Crippen molar-refractivity contribution in [3.05, 3.63) is 63.0 Å². The van der Waals surface area contributed by atoms with Crippen molar-refractivity contribution in [2.45, 2.75) is 30.8 Å². The monoisotopic (exact) mass is 454 g/mol. The minimum Gasteiger partial charge on any atom is -0.404 e. The van der Waals surface area contributed by atoms with Crippen LogP contribution in [0.15, 0.2) is 46.4 Å². The van der Waals surface area contributed by atoms with Crippen LogP contribution in [-0.2, 0) is 25.0 Å². The van der Waals surface area contributed by atoms with E-state index >= 15 is 0 Å². The van der Waals surface area contributed by atoms with Crippen molar-refractivity contribution < 1.29 is 32.4 Å². The Hall–Kier alpha value is -2.99. The summed E-state index contributed by atoms with van der Waals surface area (Å²) in [6.45, 7) is -0.988. The SMILES string of the molecule is [N-]=[N+]=N[C@]1(COP2(=O)OCc3ccccc3O2)O[C@@H](n2ccc(N)nc2=O)[C@H](F)[C@@H]1O. The predicted molar refractivity (Wildman–Crippen MR) is 101 cm³/mol. The maximum absolute atomic E-state index is 14.9. The zero-order chi connectivity index (χ0) is 22.2. The van der Waals surface area contributed by atoms with Gasteiger partial charge in [-0.25, -0.2) is 13.8 Å². The lowest BCUT2D eigenvalue weighted by Gasteiger charge is -2.30. The normalized spacial score (nSPS) is 32.0. The standard InChI is InChI=1S/C16H16FN6O7P/c17-12-13(24)16(21-22-19,29-14(12)23-6-5-11(18)20-15(23)25)8-28-31(26)27-7-9-3-1-2-4-10(9)30-31/h1-6,12-14,24H,7-8H2,(H2,18,20,25)/t12-,13+,14-,16-,31?/m1/s1. The molecule has 0 aliphatic carbocycles. The van der Waals surface area contributed by atoms with Crippen molar-refractivity contribution in [1.29, 1.82) is 0 Å². The lowest BCUT2D eigenvalue weighted by Crippen LogP contribution is -2.44. The van der Waals surface area contributed by atoms with Crippen molar-refractivity contribution in [2.75, 3.05) is 12.3 Å². The van der Waals surface area contributed by atoms with Gasteiger partial charge in [0.25, 0.3) is 0 Å². The minimum absolute atomic E-state index is 0.0910. The summed E-state index contributed by atoms with van der Waals surface area (Å²) in [5.74, 6) is 0.147. The largest absolute Gasteiger partial charge is 0.530 e. The molecule has 1 fully saturated rings. The third-order valence-electron chi connectivity index (χ3n) is 4.69. The molecule has 5 atom stereocenters. The van der Waals surface area contributed by atoms with Gasteiger partial charge in [0.1, 0.15) is 17.7 Å². The fourth-order valence-corrected chi connectivity index (χ4v) is 4.37. The number of phosphoric acid groups is 1. The van der Waals surface area contributed by atoms with Gasteiger partial charge in [-0.05, 0) is 17.7 Å². The van der Waals surface area contributed by atoms with Crippen LogP contribution in [-0.4, -0.2) is 39.3 Å². The summed E-state index contributed by atoms with van der Waals surface area (Å²) in [6.07, 6.45) is -4.93. The molecular formula is C16H16FN6O7P. The number of aromatic nitrogens is 2. The number of nitrogen functional groups attached to an aromatic ring is 1. The second kappa shape index (κ2) is 7.93. The first-order valence-corrected chi connectivity index (χ1v) is 10.3. The third-order valence-corrected chi connectivity index (χ3v) is 6.00. The van der Waals surface area contributed by atoms with Crippen LogP contribution in [0.2, 0.25) is 0 Å². The number of hydrogen-bond donors (Lipinski definition) is 2. The molecule has 31 heavy (non-hydrogen) atoms. The number of alkyl halides is 1. The third kappa shape index (κ3) is 3.88. The van der Waals surface area contributed by atoms with E-state index in [9.17, 15) is 18.9 Å². The van der Waals surface area contributed by atoms with Crippen molar-refractivity contribution in [3.8, 4) is 5.75 Å². The molecule has 2 aliphatic heterocycles. The first kappa shape index (κ1) is 21.2. The van der Waals surface area contributed by atoms with E-state index in [0.717, 1.165) is 10.8 Å². The van der Waals surface area contributed by atoms with Gasteiger partial charge in [0.2, 0.25) is 5.72 Å². The first-order chi connectivity index (χ1) is 14.8. The number of halogens is 1. The van der Waals surface area contributed by atoms with Gasteiger partial charge in [-0.1, -0.05) is 23.3 Å². The molecule has 1 unspecified atom stereocenters. The first-order valence-electron chi connectivity index (χ1n) is 8.84. The Kier molecular flexibility index (Phi) is 5.43.